The molecule has 2 heterocycles. The number of hydrogen-bond donors (Lipinski definition) is 4. The summed E-state index contributed by atoms with van der Waals surface area (Å²) in [7, 11) is 0. The molecule has 0 aliphatic heterocycles. The first kappa shape index (κ1) is 25.4. The molecule has 2 aromatic carbocycles. The van der Waals surface area contributed by atoms with Gasteiger partial charge in [0.05, 0.1) is 36.9 Å². The van der Waals surface area contributed by atoms with E-state index in [1.807, 2.05) is 36.7 Å². The Labute approximate surface area is 214 Å². The number of hydrogen-bond acceptors (Lipinski definition) is 4. The molecule has 0 bridgehead atoms. The summed E-state index contributed by atoms with van der Waals surface area (Å²) in [6.45, 7) is 10.2. The highest BCUT2D eigenvalue weighted by Crippen LogP contribution is 2.19. The highest BCUT2D eigenvalue weighted by atomic mass is 15.0. The first-order valence-corrected chi connectivity index (χ1v) is 12.8. The van der Waals surface area contributed by atoms with E-state index in [1.165, 1.54) is 0 Å². The SMILES string of the molecule is CCC(C)NCc1ncc(-c2ccc(C#Cc3ccc(-c4cnc(CNC(C)CC)[nH]4)cc3)cc2)[nH]1. The van der Waals surface area contributed by atoms with Crippen LogP contribution in [0.5, 0.6) is 0 Å². The third kappa shape index (κ3) is 6.94. The zero-order chi connectivity index (χ0) is 25.3. The number of aromatic nitrogens is 4. The summed E-state index contributed by atoms with van der Waals surface area (Å²) in [5.41, 5.74) is 6.20. The monoisotopic (exact) mass is 480 g/mol. The van der Waals surface area contributed by atoms with Gasteiger partial charge in [-0.2, -0.15) is 0 Å². The lowest BCUT2D eigenvalue weighted by molar-refractivity contribution is 0.525. The Morgan fingerprint density at radius 2 is 1.06 bits per heavy atom. The van der Waals surface area contributed by atoms with Crippen LogP contribution in [0.3, 0.4) is 0 Å². The Morgan fingerprint density at radius 1 is 0.667 bits per heavy atom. The summed E-state index contributed by atoms with van der Waals surface area (Å²) in [5.74, 6) is 8.43. The maximum atomic E-state index is 4.49. The lowest BCUT2D eigenvalue weighted by Crippen LogP contribution is -2.24. The molecule has 0 radical (unpaired) electrons. The van der Waals surface area contributed by atoms with Crippen LogP contribution in [0.4, 0.5) is 0 Å². The van der Waals surface area contributed by atoms with Crippen molar-refractivity contribution in [3.8, 4) is 34.4 Å². The van der Waals surface area contributed by atoms with Gasteiger partial charge in [-0.15, -0.1) is 0 Å². The molecule has 0 aliphatic carbocycles. The average molecular weight is 481 g/mol. The molecule has 0 saturated heterocycles. The maximum Gasteiger partial charge on any atom is 0.120 e. The third-order valence-corrected chi connectivity index (χ3v) is 6.46. The van der Waals surface area contributed by atoms with Gasteiger partial charge < -0.3 is 20.6 Å². The van der Waals surface area contributed by atoms with Gasteiger partial charge in [-0.3, -0.25) is 0 Å². The van der Waals surface area contributed by atoms with Crippen LogP contribution in [0.25, 0.3) is 22.5 Å². The van der Waals surface area contributed by atoms with Gasteiger partial charge >= 0.3 is 0 Å². The number of imidazole rings is 2. The van der Waals surface area contributed by atoms with E-state index in [-0.39, 0.29) is 0 Å². The summed E-state index contributed by atoms with van der Waals surface area (Å²) >= 11 is 0. The van der Waals surface area contributed by atoms with E-state index in [1.54, 1.807) is 0 Å². The smallest absolute Gasteiger partial charge is 0.120 e. The minimum atomic E-state index is 0.479. The van der Waals surface area contributed by atoms with E-state index in [0.29, 0.717) is 12.1 Å². The maximum absolute atomic E-state index is 4.49. The van der Waals surface area contributed by atoms with Gasteiger partial charge in [0, 0.05) is 23.2 Å². The van der Waals surface area contributed by atoms with Crippen LogP contribution in [-0.2, 0) is 13.1 Å². The Bertz CT molecular complexity index is 1190. The van der Waals surface area contributed by atoms with Crippen molar-refractivity contribution in [2.45, 2.75) is 65.7 Å². The third-order valence-electron chi connectivity index (χ3n) is 6.46. The molecule has 4 N–H and O–H groups in total. The molecule has 36 heavy (non-hydrogen) atoms. The number of benzene rings is 2. The fraction of sp³-hybridized carbons (Fsp3) is 0.333. The van der Waals surface area contributed by atoms with Crippen molar-refractivity contribution in [3.05, 3.63) is 83.7 Å². The van der Waals surface area contributed by atoms with Gasteiger partial charge in [-0.05, 0) is 62.1 Å². The van der Waals surface area contributed by atoms with E-state index in [9.17, 15) is 0 Å². The lowest BCUT2D eigenvalue weighted by Gasteiger charge is -2.08. The summed E-state index contributed by atoms with van der Waals surface area (Å²) in [6, 6.07) is 17.5. The summed E-state index contributed by atoms with van der Waals surface area (Å²) in [5, 5.41) is 6.92. The molecule has 0 amide bonds. The predicted octanol–water partition coefficient (Wildman–Crippen LogP) is 5.64. The predicted molar refractivity (Wildman–Crippen MR) is 147 cm³/mol. The fourth-order valence-corrected chi connectivity index (χ4v) is 3.64. The molecular formula is C30H36N6. The molecule has 0 fully saturated rings. The van der Waals surface area contributed by atoms with E-state index in [0.717, 1.165) is 71.2 Å². The fourth-order valence-electron chi connectivity index (χ4n) is 3.64. The van der Waals surface area contributed by atoms with Crippen LogP contribution < -0.4 is 10.6 Å². The van der Waals surface area contributed by atoms with Crippen molar-refractivity contribution in [2.24, 2.45) is 0 Å². The first-order chi connectivity index (χ1) is 17.5. The molecule has 0 saturated carbocycles. The van der Waals surface area contributed by atoms with Crippen molar-refractivity contribution in [1.29, 1.82) is 0 Å². The lowest BCUT2D eigenvalue weighted by atomic mass is 10.1. The molecule has 186 valence electrons. The average Bonchev–Trinajstić information content (AvgIpc) is 3.60. The highest BCUT2D eigenvalue weighted by Gasteiger charge is 2.06. The van der Waals surface area contributed by atoms with Crippen LogP contribution in [0.2, 0.25) is 0 Å². The van der Waals surface area contributed by atoms with Gasteiger partial charge in [-0.25, -0.2) is 9.97 Å². The minimum absolute atomic E-state index is 0.479. The topological polar surface area (TPSA) is 81.4 Å². The zero-order valence-corrected chi connectivity index (χ0v) is 21.7. The summed E-state index contributed by atoms with van der Waals surface area (Å²) in [6.07, 6.45) is 5.98. The Morgan fingerprint density at radius 3 is 1.42 bits per heavy atom. The molecule has 2 unspecified atom stereocenters. The van der Waals surface area contributed by atoms with Crippen molar-refractivity contribution in [1.82, 2.24) is 30.6 Å². The van der Waals surface area contributed by atoms with Gasteiger partial charge in [0.15, 0.2) is 0 Å². The molecule has 6 heteroatoms. The van der Waals surface area contributed by atoms with Gasteiger partial charge in [0.25, 0.3) is 0 Å². The summed E-state index contributed by atoms with van der Waals surface area (Å²) < 4.78 is 0. The van der Waals surface area contributed by atoms with Crippen molar-refractivity contribution in [3.63, 3.8) is 0 Å². The summed E-state index contributed by atoms with van der Waals surface area (Å²) in [4.78, 5) is 15.8. The highest BCUT2D eigenvalue weighted by molar-refractivity contribution is 5.62. The molecule has 0 aliphatic rings. The van der Waals surface area contributed by atoms with E-state index in [4.69, 9.17) is 0 Å². The van der Waals surface area contributed by atoms with E-state index >= 15 is 0 Å². The quantitative estimate of drug-likeness (QED) is 0.221. The van der Waals surface area contributed by atoms with Crippen LogP contribution >= 0.6 is 0 Å². The Balaban J connectivity index is 1.35. The molecular weight excluding hydrogens is 444 g/mol. The molecule has 2 aromatic heterocycles. The van der Waals surface area contributed by atoms with Gasteiger partial charge in [0.1, 0.15) is 11.6 Å². The first-order valence-electron chi connectivity index (χ1n) is 12.8. The Kier molecular flexibility index (Phi) is 8.72. The largest absolute Gasteiger partial charge is 0.341 e. The van der Waals surface area contributed by atoms with Crippen LogP contribution in [-0.4, -0.2) is 32.0 Å². The number of H-pyrrole nitrogens is 2. The molecule has 2 atom stereocenters. The van der Waals surface area contributed by atoms with Crippen LogP contribution in [0.15, 0.2) is 60.9 Å². The van der Waals surface area contributed by atoms with Gasteiger partial charge in [-0.1, -0.05) is 50.0 Å². The number of nitrogens with zero attached hydrogens (tertiary/aromatic N) is 2. The molecule has 6 nitrogen and oxygen atoms in total. The number of rotatable bonds is 10. The zero-order valence-electron chi connectivity index (χ0n) is 21.7. The van der Waals surface area contributed by atoms with Crippen molar-refractivity contribution < 1.29 is 0 Å². The Hall–Kier alpha value is -3.66. The van der Waals surface area contributed by atoms with E-state index in [2.05, 4.69) is 94.4 Å². The second-order valence-corrected chi connectivity index (χ2v) is 9.27. The molecule has 4 aromatic rings. The van der Waals surface area contributed by atoms with Crippen molar-refractivity contribution in [2.75, 3.05) is 0 Å². The molecule has 4 rings (SSSR count). The second kappa shape index (κ2) is 12.3. The normalized spacial score (nSPS) is 12.7. The molecule has 0 spiro atoms. The number of nitrogens with one attached hydrogen (secondary N) is 4. The number of aromatic amines is 2. The van der Waals surface area contributed by atoms with E-state index < -0.39 is 0 Å². The van der Waals surface area contributed by atoms with Crippen LogP contribution in [0.1, 0.15) is 63.3 Å². The minimum Gasteiger partial charge on any atom is -0.341 e. The van der Waals surface area contributed by atoms with Gasteiger partial charge in [0.2, 0.25) is 0 Å². The van der Waals surface area contributed by atoms with Crippen molar-refractivity contribution >= 4 is 0 Å². The second-order valence-electron chi connectivity index (χ2n) is 9.27. The van der Waals surface area contributed by atoms with Crippen LogP contribution in [0, 0.1) is 11.8 Å². The standard InChI is InChI=1S/C30H36N6/c1-5-21(3)31-19-29-33-17-27(35-29)25-13-9-23(10-14-25)7-8-24-11-15-26(16-12-24)28-18-34-30(36-28)20-32-22(4)6-2/h9-18,21-22,31-32H,5-6,19-20H2,1-4H3,(H,33,35)(H,34,36).